The van der Waals surface area contributed by atoms with Crippen molar-refractivity contribution in [2.75, 3.05) is 6.61 Å². The number of benzene rings is 1. The molecule has 0 spiro atoms. The maximum Gasteiger partial charge on any atom is 0.230 e. The number of rotatable bonds is 5. The molecule has 0 amide bonds. The maximum atomic E-state index is 6.30. The van der Waals surface area contributed by atoms with Crippen LogP contribution in [0.3, 0.4) is 0 Å². The fourth-order valence-electron chi connectivity index (χ4n) is 2.63. The first-order chi connectivity index (χ1) is 10.6. The summed E-state index contributed by atoms with van der Waals surface area (Å²) >= 11 is 12.0. The maximum absolute atomic E-state index is 6.30. The average Bonchev–Trinajstić information content (AvgIpc) is 3.14. The molecule has 1 aromatic carbocycles. The summed E-state index contributed by atoms with van der Waals surface area (Å²) in [5.74, 6) is 1.66. The fourth-order valence-corrected chi connectivity index (χ4v) is 2.98. The van der Waals surface area contributed by atoms with Crippen LogP contribution >= 0.6 is 35.6 Å². The molecule has 2 N–H and O–H groups in total. The molecule has 126 valence electrons. The number of aromatic nitrogens is 2. The molecule has 1 aromatic heterocycles. The van der Waals surface area contributed by atoms with Gasteiger partial charge in [0, 0.05) is 0 Å². The Labute approximate surface area is 150 Å². The van der Waals surface area contributed by atoms with Gasteiger partial charge in [-0.15, -0.1) is 12.4 Å². The Hall–Kier alpha value is -1.01. The van der Waals surface area contributed by atoms with E-state index in [1.165, 1.54) is 0 Å². The van der Waals surface area contributed by atoms with Gasteiger partial charge < -0.3 is 15.0 Å². The van der Waals surface area contributed by atoms with Crippen molar-refractivity contribution in [3.63, 3.8) is 0 Å². The van der Waals surface area contributed by atoms with Crippen LogP contribution in [0, 0.1) is 0 Å². The van der Waals surface area contributed by atoms with Crippen LogP contribution in [-0.4, -0.2) is 16.7 Å². The lowest BCUT2D eigenvalue weighted by atomic mass is 9.99. The lowest BCUT2D eigenvalue weighted by Crippen LogP contribution is -2.34. The van der Waals surface area contributed by atoms with Crippen LogP contribution in [0.1, 0.15) is 37.4 Å². The summed E-state index contributed by atoms with van der Waals surface area (Å²) in [4.78, 5) is 4.39. The minimum absolute atomic E-state index is 0. The van der Waals surface area contributed by atoms with Gasteiger partial charge in [-0.3, -0.25) is 0 Å². The molecular weight excluding hydrogens is 361 g/mol. The Morgan fingerprint density at radius 3 is 2.74 bits per heavy atom. The molecule has 1 heterocycles. The molecule has 1 fully saturated rings. The number of ether oxygens (including phenoxy) is 1. The molecule has 0 saturated heterocycles. The largest absolute Gasteiger partial charge is 0.491 e. The second-order valence-corrected chi connectivity index (χ2v) is 6.31. The molecule has 8 heteroatoms. The molecule has 1 saturated carbocycles. The van der Waals surface area contributed by atoms with Crippen molar-refractivity contribution in [2.45, 2.75) is 37.6 Å². The van der Waals surface area contributed by atoms with Gasteiger partial charge >= 0.3 is 0 Å². The fraction of sp³-hybridized carbons (Fsp3) is 0.467. The first-order valence-electron chi connectivity index (χ1n) is 7.27. The second-order valence-electron chi connectivity index (χ2n) is 5.53. The Morgan fingerprint density at radius 2 is 2.00 bits per heavy atom. The third kappa shape index (κ3) is 4.10. The van der Waals surface area contributed by atoms with Crippen molar-refractivity contribution in [2.24, 2.45) is 5.73 Å². The zero-order valence-corrected chi connectivity index (χ0v) is 14.8. The lowest BCUT2D eigenvalue weighted by Gasteiger charge is -2.17. The van der Waals surface area contributed by atoms with Crippen molar-refractivity contribution in [3.05, 3.63) is 40.0 Å². The van der Waals surface area contributed by atoms with Crippen molar-refractivity contribution < 1.29 is 9.26 Å². The number of nitrogens with zero attached hydrogens (tertiary/aromatic N) is 2. The molecule has 2 aromatic rings. The Morgan fingerprint density at radius 1 is 1.26 bits per heavy atom. The number of hydrogen-bond acceptors (Lipinski definition) is 5. The van der Waals surface area contributed by atoms with Crippen LogP contribution in [0.25, 0.3) is 0 Å². The predicted octanol–water partition coefficient (Wildman–Crippen LogP) is 4.15. The highest BCUT2D eigenvalue weighted by Crippen LogP contribution is 2.34. The molecule has 0 bridgehead atoms. The normalized spacial score (nSPS) is 16.1. The van der Waals surface area contributed by atoms with E-state index in [0.717, 1.165) is 25.7 Å². The lowest BCUT2D eigenvalue weighted by molar-refractivity contribution is 0.290. The molecule has 5 nitrogen and oxygen atoms in total. The van der Waals surface area contributed by atoms with Gasteiger partial charge in [0.05, 0.1) is 23.6 Å². The summed E-state index contributed by atoms with van der Waals surface area (Å²) in [7, 11) is 0. The molecule has 0 atom stereocenters. The van der Waals surface area contributed by atoms with Gasteiger partial charge in [-0.05, 0) is 25.0 Å². The van der Waals surface area contributed by atoms with Crippen molar-refractivity contribution >= 4 is 35.6 Å². The zero-order valence-electron chi connectivity index (χ0n) is 12.4. The van der Waals surface area contributed by atoms with Gasteiger partial charge in [-0.25, -0.2) is 0 Å². The molecule has 3 rings (SSSR count). The molecule has 0 radical (unpaired) electrons. The minimum Gasteiger partial charge on any atom is -0.491 e. The van der Waals surface area contributed by atoms with Gasteiger partial charge in [0.25, 0.3) is 0 Å². The van der Waals surface area contributed by atoms with Gasteiger partial charge in [0.2, 0.25) is 5.89 Å². The Kier molecular flexibility index (Phi) is 6.14. The van der Waals surface area contributed by atoms with E-state index in [-0.39, 0.29) is 12.4 Å². The van der Waals surface area contributed by atoms with Crippen LogP contribution < -0.4 is 10.5 Å². The van der Waals surface area contributed by atoms with Gasteiger partial charge in [-0.1, -0.05) is 47.3 Å². The third-order valence-corrected chi connectivity index (χ3v) is 4.70. The predicted molar refractivity (Wildman–Crippen MR) is 91.5 cm³/mol. The Balaban J connectivity index is 0.00000192. The smallest absolute Gasteiger partial charge is 0.230 e. The average molecular weight is 379 g/mol. The van der Waals surface area contributed by atoms with Gasteiger partial charge in [0.1, 0.15) is 10.8 Å². The molecule has 0 unspecified atom stereocenters. The molecule has 1 aliphatic rings. The number of halogens is 3. The van der Waals surface area contributed by atoms with Crippen molar-refractivity contribution in [1.82, 2.24) is 10.1 Å². The summed E-state index contributed by atoms with van der Waals surface area (Å²) in [6.07, 6.45) is 4.51. The van der Waals surface area contributed by atoms with Crippen LogP contribution in [0.5, 0.6) is 5.75 Å². The van der Waals surface area contributed by atoms with Gasteiger partial charge in [-0.2, -0.15) is 4.98 Å². The summed E-state index contributed by atoms with van der Waals surface area (Å²) in [6, 6.07) is 5.26. The van der Waals surface area contributed by atoms with E-state index in [1.54, 1.807) is 18.2 Å². The minimum atomic E-state index is -0.432. The molecular formula is C15H18Cl3N3O2. The molecule has 23 heavy (non-hydrogen) atoms. The first kappa shape index (κ1) is 18.3. The zero-order chi connectivity index (χ0) is 15.6. The van der Waals surface area contributed by atoms with Gasteiger partial charge in [0.15, 0.2) is 5.82 Å². The van der Waals surface area contributed by atoms with E-state index < -0.39 is 5.54 Å². The SMILES string of the molecule is Cl.NC1(c2noc(CCOc3cccc(Cl)c3Cl)n2)CCCC1. The summed E-state index contributed by atoms with van der Waals surface area (Å²) in [5, 5.41) is 4.88. The van der Waals surface area contributed by atoms with E-state index in [4.69, 9.17) is 38.2 Å². The monoisotopic (exact) mass is 377 g/mol. The number of hydrogen-bond donors (Lipinski definition) is 1. The number of nitrogens with two attached hydrogens (primary N) is 1. The van der Waals surface area contributed by atoms with E-state index in [2.05, 4.69) is 10.1 Å². The van der Waals surface area contributed by atoms with Crippen LogP contribution in [0.4, 0.5) is 0 Å². The van der Waals surface area contributed by atoms with Crippen LogP contribution in [0.2, 0.25) is 10.0 Å². The third-order valence-electron chi connectivity index (χ3n) is 3.90. The van der Waals surface area contributed by atoms with Crippen molar-refractivity contribution in [3.8, 4) is 5.75 Å². The summed E-state index contributed by atoms with van der Waals surface area (Å²) in [5.41, 5.74) is 5.87. The highest BCUT2D eigenvalue weighted by atomic mass is 35.5. The van der Waals surface area contributed by atoms with E-state index in [9.17, 15) is 0 Å². The first-order valence-corrected chi connectivity index (χ1v) is 8.03. The van der Waals surface area contributed by atoms with Crippen molar-refractivity contribution in [1.29, 1.82) is 0 Å². The van der Waals surface area contributed by atoms with E-state index in [1.807, 2.05) is 0 Å². The quantitative estimate of drug-likeness (QED) is 0.846. The highest BCUT2D eigenvalue weighted by Gasteiger charge is 2.35. The second kappa shape index (κ2) is 7.71. The van der Waals surface area contributed by atoms with Crippen LogP contribution in [-0.2, 0) is 12.0 Å². The van der Waals surface area contributed by atoms with Crippen LogP contribution in [0.15, 0.2) is 22.7 Å². The standard InChI is InChI=1S/C15H17Cl2N3O2.ClH/c16-10-4-3-5-11(13(10)17)21-9-6-12-19-14(20-22-12)15(18)7-1-2-8-15;/h3-5H,1-2,6-9,18H2;1H. The van der Waals surface area contributed by atoms with E-state index >= 15 is 0 Å². The molecule has 1 aliphatic carbocycles. The summed E-state index contributed by atoms with van der Waals surface area (Å²) < 4.78 is 10.9. The topological polar surface area (TPSA) is 74.2 Å². The Bertz CT molecular complexity index is 657. The molecule has 0 aliphatic heterocycles. The van der Waals surface area contributed by atoms with E-state index in [0.29, 0.717) is 40.5 Å². The summed E-state index contributed by atoms with van der Waals surface area (Å²) in [6.45, 7) is 0.374. The highest BCUT2D eigenvalue weighted by molar-refractivity contribution is 6.42.